The van der Waals surface area contributed by atoms with Crippen LogP contribution in [0.25, 0.3) is 0 Å². The first-order chi connectivity index (χ1) is 9.33. The minimum absolute atomic E-state index is 0.0659. The molecule has 1 heterocycles. The Kier molecular flexibility index (Phi) is 4.33. The number of carbonyl (C=O) groups is 2. The zero-order chi connectivity index (χ0) is 14.9. The molecule has 1 aliphatic heterocycles. The number of aryl methyl sites for hydroxylation is 1. The van der Waals surface area contributed by atoms with Gasteiger partial charge in [-0.1, -0.05) is 11.6 Å². The fourth-order valence-electron chi connectivity index (χ4n) is 2.27. The normalized spacial score (nSPS) is 17.9. The van der Waals surface area contributed by atoms with E-state index in [-0.39, 0.29) is 31.8 Å². The predicted molar refractivity (Wildman–Crippen MR) is 81.6 cm³/mol. The number of nitrogens with zero attached hydrogens (tertiary/aromatic N) is 1. The number of piperidine rings is 1. The van der Waals surface area contributed by atoms with Crippen LogP contribution in [0.2, 0.25) is 0 Å². The van der Waals surface area contributed by atoms with Crippen molar-refractivity contribution in [1.29, 1.82) is 0 Å². The van der Waals surface area contributed by atoms with Crippen LogP contribution in [0.4, 0.5) is 0 Å². The fourth-order valence-corrected chi connectivity index (χ4v) is 2.83. The number of aliphatic hydroxyl groups is 1. The largest absolute Gasteiger partial charge is 0.479 e. The maximum atomic E-state index is 12.4. The molecule has 1 aliphatic rings. The summed E-state index contributed by atoms with van der Waals surface area (Å²) in [4.78, 5) is 25.0. The van der Waals surface area contributed by atoms with Crippen LogP contribution in [0.1, 0.15) is 28.8 Å². The van der Waals surface area contributed by atoms with Crippen LogP contribution in [-0.2, 0) is 4.79 Å². The lowest BCUT2D eigenvalue weighted by Crippen LogP contribution is -2.50. The summed E-state index contributed by atoms with van der Waals surface area (Å²) >= 11 is 2.11. The number of aliphatic carboxylic acids is 1. The highest BCUT2D eigenvalue weighted by Gasteiger charge is 2.40. The number of carboxylic acids is 1. The van der Waals surface area contributed by atoms with Gasteiger partial charge in [-0.25, -0.2) is 4.79 Å². The zero-order valence-corrected chi connectivity index (χ0v) is 13.3. The standard InChI is InChI=1S/C14H16INO4/c1-9-2-3-11(15)10(8-9)12(17)16-6-4-14(20,5-7-16)13(18)19/h2-3,8,20H,4-7H2,1H3,(H,18,19). The fraction of sp³-hybridized carbons (Fsp3) is 0.429. The van der Waals surface area contributed by atoms with E-state index in [2.05, 4.69) is 22.6 Å². The summed E-state index contributed by atoms with van der Waals surface area (Å²) in [5, 5.41) is 18.8. The molecule has 0 aromatic heterocycles. The summed E-state index contributed by atoms with van der Waals surface area (Å²) in [6.07, 6.45) is 0.132. The molecule has 0 bridgehead atoms. The monoisotopic (exact) mass is 389 g/mol. The van der Waals surface area contributed by atoms with E-state index in [9.17, 15) is 14.7 Å². The number of amides is 1. The van der Waals surface area contributed by atoms with Gasteiger partial charge >= 0.3 is 5.97 Å². The number of rotatable bonds is 2. The Bertz CT molecular complexity index is 550. The molecule has 1 fully saturated rings. The van der Waals surface area contributed by atoms with Crippen LogP contribution in [0.3, 0.4) is 0 Å². The van der Waals surface area contributed by atoms with Crippen molar-refractivity contribution in [2.24, 2.45) is 0 Å². The van der Waals surface area contributed by atoms with Gasteiger partial charge in [0, 0.05) is 29.5 Å². The maximum Gasteiger partial charge on any atom is 0.335 e. The summed E-state index contributed by atoms with van der Waals surface area (Å²) in [7, 11) is 0. The number of carbonyl (C=O) groups excluding carboxylic acids is 1. The Morgan fingerprint density at radius 3 is 2.45 bits per heavy atom. The third-order valence-corrected chi connectivity index (χ3v) is 4.57. The van der Waals surface area contributed by atoms with Crippen molar-refractivity contribution < 1.29 is 19.8 Å². The van der Waals surface area contributed by atoms with Gasteiger partial charge in [0.2, 0.25) is 0 Å². The summed E-state index contributed by atoms with van der Waals surface area (Å²) in [5.74, 6) is -1.32. The molecule has 0 radical (unpaired) electrons. The van der Waals surface area contributed by atoms with Crippen molar-refractivity contribution in [2.45, 2.75) is 25.4 Å². The van der Waals surface area contributed by atoms with Crippen molar-refractivity contribution >= 4 is 34.5 Å². The average molecular weight is 389 g/mol. The first-order valence-electron chi connectivity index (χ1n) is 6.35. The first kappa shape index (κ1) is 15.2. The molecule has 0 aliphatic carbocycles. The first-order valence-corrected chi connectivity index (χ1v) is 7.42. The molecule has 5 nitrogen and oxygen atoms in total. The lowest BCUT2D eigenvalue weighted by molar-refractivity contribution is -0.162. The van der Waals surface area contributed by atoms with Crippen LogP contribution in [-0.4, -0.2) is 45.7 Å². The van der Waals surface area contributed by atoms with E-state index >= 15 is 0 Å². The smallest absolute Gasteiger partial charge is 0.335 e. The second-order valence-corrected chi connectivity index (χ2v) is 6.27. The molecule has 0 unspecified atom stereocenters. The summed E-state index contributed by atoms with van der Waals surface area (Å²) < 4.78 is 0.872. The second-order valence-electron chi connectivity index (χ2n) is 5.11. The van der Waals surface area contributed by atoms with E-state index in [1.807, 2.05) is 25.1 Å². The van der Waals surface area contributed by atoms with E-state index in [1.54, 1.807) is 4.90 Å². The molecule has 1 saturated heterocycles. The number of halogens is 1. The van der Waals surface area contributed by atoms with Gasteiger partial charge in [0.1, 0.15) is 0 Å². The Morgan fingerprint density at radius 2 is 1.90 bits per heavy atom. The highest BCUT2D eigenvalue weighted by Crippen LogP contribution is 2.25. The molecule has 2 rings (SSSR count). The van der Waals surface area contributed by atoms with E-state index in [0.29, 0.717) is 5.56 Å². The molecule has 0 atom stereocenters. The van der Waals surface area contributed by atoms with Gasteiger partial charge in [0.05, 0.1) is 5.56 Å². The summed E-state index contributed by atoms with van der Waals surface area (Å²) in [5.41, 5.74) is -0.0597. The van der Waals surface area contributed by atoms with Gasteiger partial charge in [0.25, 0.3) is 5.91 Å². The predicted octanol–water partition coefficient (Wildman–Crippen LogP) is 1.65. The number of carboxylic acid groups (broad SMARTS) is 1. The van der Waals surface area contributed by atoms with Crippen LogP contribution in [0, 0.1) is 10.5 Å². The van der Waals surface area contributed by atoms with Crippen LogP contribution < -0.4 is 0 Å². The SMILES string of the molecule is Cc1ccc(I)c(C(=O)N2CCC(O)(C(=O)O)CC2)c1. The van der Waals surface area contributed by atoms with Crippen molar-refractivity contribution in [3.8, 4) is 0 Å². The number of likely N-dealkylation sites (tertiary alicyclic amines) is 1. The molecule has 1 aromatic carbocycles. The third-order valence-electron chi connectivity index (χ3n) is 3.63. The molecule has 6 heteroatoms. The minimum Gasteiger partial charge on any atom is -0.479 e. The molecular formula is C14H16INO4. The van der Waals surface area contributed by atoms with Crippen LogP contribution in [0.15, 0.2) is 18.2 Å². The molecule has 20 heavy (non-hydrogen) atoms. The van der Waals surface area contributed by atoms with Gasteiger partial charge < -0.3 is 15.1 Å². The Balaban J connectivity index is 2.13. The zero-order valence-electron chi connectivity index (χ0n) is 11.1. The maximum absolute atomic E-state index is 12.4. The van der Waals surface area contributed by atoms with E-state index < -0.39 is 11.6 Å². The van der Waals surface area contributed by atoms with E-state index in [0.717, 1.165) is 9.13 Å². The van der Waals surface area contributed by atoms with E-state index in [4.69, 9.17) is 5.11 Å². The summed E-state index contributed by atoms with van der Waals surface area (Å²) in [6, 6.07) is 5.67. The number of benzene rings is 1. The molecule has 1 aromatic rings. The third kappa shape index (κ3) is 2.95. The van der Waals surface area contributed by atoms with Crippen molar-refractivity contribution in [1.82, 2.24) is 4.90 Å². The summed E-state index contributed by atoms with van der Waals surface area (Å²) in [6.45, 7) is 2.43. The minimum atomic E-state index is -1.70. The lowest BCUT2D eigenvalue weighted by atomic mass is 9.91. The topological polar surface area (TPSA) is 77.8 Å². The van der Waals surface area contributed by atoms with Crippen molar-refractivity contribution in [3.63, 3.8) is 0 Å². The highest BCUT2D eigenvalue weighted by atomic mass is 127. The molecule has 2 N–H and O–H groups in total. The Hall–Kier alpha value is -1.15. The van der Waals surface area contributed by atoms with Crippen LogP contribution in [0.5, 0.6) is 0 Å². The van der Waals surface area contributed by atoms with Gasteiger partial charge in [-0.05, 0) is 41.6 Å². The lowest BCUT2D eigenvalue weighted by Gasteiger charge is -2.35. The van der Waals surface area contributed by atoms with E-state index in [1.165, 1.54) is 0 Å². The van der Waals surface area contributed by atoms with Gasteiger partial charge in [-0.15, -0.1) is 0 Å². The van der Waals surface area contributed by atoms with Gasteiger partial charge in [-0.3, -0.25) is 4.79 Å². The molecule has 0 saturated carbocycles. The quantitative estimate of drug-likeness (QED) is 0.755. The second kappa shape index (κ2) is 5.69. The van der Waals surface area contributed by atoms with Crippen LogP contribution >= 0.6 is 22.6 Å². The Morgan fingerprint density at radius 1 is 1.30 bits per heavy atom. The highest BCUT2D eigenvalue weighted by molar-refractivity contribution is 14.1. The van der Waals surface area contributed by atoms with Gasteiger partial charge in [-0.2, -0.15) is 0 Å². The van der Waals surface area contributed by atoms with Crippen molar-refractivity contribution in [3.05, 3.63) is 32.9 Å². The van der Waals surface area contributed by atoms with Crippen molar-refractivity contribution in [2.75, 3.05) is 13.1 Å². The average Bonchev–Trinajstić information content (AvgIpc) is 2.41. The Labute approximate surface area is 130 Å². The molecular weight excluding hydrogens is 373 g/mol. The number of hydrogen-bond donors (Lipinski definition) is 2. The molecule has 1 amide bonds. The van der Waals surface area contributed by atoms with Gasteiger partial charge in [0.15, 0.2) is 5.60 Å². The molecule has 0 spiro atoms. The molecule has 108 valence electrons. The number of hydrogen-bond acceptors (Lipinski definition) is 3.